The number of hydrogen-bond acceptors (Lipinski definition) is 18. The van der Waals surface area contributed by atoms with Gasteiger partial charge in [0.15, 0.2) is 46.1 Å². The van der Waals surface area contributed by atoms with E-state index in [1.54, 1.807) is 38.1 Å². The predicted molar refractivity (Wildman–Crippen MR) is 333 cm³/mol. The van der Waals surface area contributed by atoms with Crippen molar-refractivity contribution >= 4 is 45.0 Å². The largest absolute Gasteiger partial charge is 0.485 e. The number of nitrogens with one attached hydrogen (secondary N) is 2. The lowest BCUT2D eigenvalue weighted by atomic mass is 10.1. The average Bonchev–Trinajstić information content (AvgIpc) is 0.935. The summed E-state index contributed by atoms with van der Waals surface area (Å²) in [6.07, 6.45) is 5.71. The van der Waals surface area contributed by atoms with Crippen molar-refractivity contribution in [3.63, 3.8) is 0 Å². The van der Waals surface area contributed by atoms with Gasteiger partial charge >= 0.3 is 11.4 Å². The van der Waals surface area contributed by atoms with E-state index in [9.17, 15) is 37.5 Å². The van der Waals surface area contributed by atoms with Crippen molar-refractivity contribution in [2.24, 2.45) is 7.05 Å². The summed E-state index contributed by atoms with van der Waals surface area (Å²) in [5.41, 5.74) is -2.90. The average molecular weight is 1300 g/mol. The second-order valence-electron chi connectivity index (χ2n) is 22.1. The minimum atomic E-state index is -0.929. The molecular weight excluding hydrogens is 1250 g/mol. The lowest BCUT2D eigenvalue weighted by Crippen LogP contribution is -2.42. The molecule has 6 aromatic carbocycles. The van der Waals surface area contributed by atoms with Crippen LogP contribution in [-0.2, 0) is 16.5 Å². The topological polar surface area (TPSA) is 264 Å². The number of fused-ring (bicyclic) bond motifs is 6. The van der Waals surface area contributed by atoms with Gasteiger partial charge in [-0.1, -0.05) is 0 Å². The SMILES string of the molecule is CC(C)n1cc(C(=O)Nc2ccc(Oc3ccnc4cc(OC5COC5)c5c(c34)OCCO5)c(F)c2)c(=O)n(-c2ccc(F)cc2)c1=O.Cn1cc(C(=O)Nc2ccc(Oc3ccnc4cc(OC5CCOC5)c5c(c34)OCCO5)c(F)c2)c(=O)n(-c2ccc(F)cc2)c1=O. The van der Waals surface area contributed by atoms with Gasteiger partial charge in [-0.3, -0.25) is 33.7 Å². The van der Waals surface area contributed by atoms with Crippen LogP contribution in [0.15, 0.2) is 153 Å². The van der Waals surface area contributed by atoms with Crippen LogP contribution in [0.1, 0.15) is 47.0 Å². The Morgan fingerprint density at radius 1 is 0.516 bits per heavy atom. The number of anilines is 2. The monoisotopic (exact) mass is 1300 g/mol. The first kappa shape index (κ1) is 62.3. The van der Waals surface area contributed by atoms with Gasteiger partial charge in [0.25, 0.3) is 22.9 Å². The summed E-state index contributed by atoms with van der Waals surface area (Å²) in [7, 11) is 1.36. The smallest absolute Gasteiger partial charge is 0.335 e. The summed E-state index contributed by atoms with van der Waals surface area (Å²) in [5.74, 6) is -1.94. The Labute approximate surface area is 533 Å². The van der Waals surface area contributed by atoms with Gasteiger partial charge in [-0.05, 0) is 98.8 Å². The normalized spacial score (nSPS) is 14.8. The number of ether oxygens (including phenoxy) is 10. The molecule has 0 spiro atoms. The predicted octanol–water partition coefficient (Wildman–Crippen LogP) is 9.35. The molecule has 10 aromatic rings. The Bertz CT molecular complexity index is 4940. The Morgan fingerprint density at radius 2 is 0.968 bits per heavy atom. The van der Waals surface area contributed by atoms with Crippen LogP contribution in [0.4, 0.5) is 28.9 Å². The van der Waals surface area contributed by atoms with Crippen LogP contribution in [0.25, 0.3) is 33.2 Å². The van der Waals surface area contributed by atoms with Crippen LogP contribution in [0, 0.1) is 23.3 Å². The lowest BCUT2D eigenvalue weighted by Gasteiger charge is -2.29. The van der Waals surface area contributed by atoms with Gasteiger partial charge in [0.1, 0.15) is 72.9 Å². The number of aromatic nitrogens is 6. The van der Waals surface area contributed by atoms with Gasteiger partial charge < -0.3 is 62.6 Å². The maximum Gasteiger partial charge on any atom is 0.335 e. The van der Waals surface area contributed by atoms with Crippen LogP contribution in [-0.4, -0.2) is 105 Å². The molecule has 4 aliphatic heterocycles. The van der Waals surface area contributed by atoms with Gasteiger partial charge in [-0.15, -0.1) is 0 Å². The summed E-state index contributed by atoms with van der Waals surface area (Å²) < 4.78 is 120. The molecule has 0 aliphatic carbocycles. The highest BCUT2D eigenvalue weighted by Crippen LogP contribution is 2.51. The number of nitrogens with zero attached hydrogens (tertiary/aromatic N) is 6. The van der Waals surface area contributed by atoms with Gasteiger partial charge in [0, 0.05) is 79.9 Å². The van der Waals surface area contributed by atoms with E-state index >= 15 is 8.78 Å². The van der Waals surface area contributed by atoms with E-state index in [0.717, 1.165) is 68.9 Å². The van der Waals surface area contributed by atoms with E-state index in [-0.39, 0.29) is 76.7 Å². The highest BCUT2D eigenvalue weighted by atomic mass is 19.1. The summed E-state index contributed by atoms with van der Waals surface area (Å²) >= 11 is 0. The van der Waals surface area contributed by atoms with Crippen molar-refractivity contribution in [2.45, 2.75) is 38.5 Å². The first-order valence-electron chi connectivity index (χ1n) is 29.7. The van der Waals surface area contributed by atoms with Crippen LogP contribution in [0.3, 0.4) is 0 Å². The van der Waals surface area contributed by atoms with Gasteiger partial charge in [-0.2, -0.15) is 0 Å². The fraction of sp³-hybridized carbons (Fsp3) is 0.224. The molecule has 0 radical (unpaired) electrons. The number of carbonyl (C=O) groups excluding carboxylic acids is 2. The third kappa shape index (κ3) is 12.7. The van der Waals surface area contributed by atoms with E-state index in [1.807, 2.05) is 0 Å². The molecule has 24 nitrogen and oxygen atoms in total. The zero-order chi connectivity index (χ0) is 66.2. The molecule has 0 saturated carbocycles. The molecule has 0 bridgehead atoms. The van der Waals surface area contributed by atoms with Crippen LogP contribution >= 0.6 is 0 Å². The van der Waals surface area contributed by atoms with E-state index in [2.05, 4.69) is 20.6 Å². The number of rotatable bonds is 15. The van der Waals surface area contributed by atoms with E-state index in [1.165, 1.54) is 72.5 Å². The Balaban J connectivity index is 0.000000172. The quantitative estimate of drug-likeness (QED) is 0.0905. The Hall–Kier alpha value is -11.5. The van der Waals surface area contributed by atoms with Crippen molar-refractivity contribution in [2.75, 3.05) is 63.5 Å². The summed E-state index contributed by atoms with van der Waals surface area (Å²) in [5, 5.41) is 5.91. The van der Waals surface area contributed by atoms with Gasteiger partial charge in [-0.25, -0.2) is 36.3 Å². The van der Waals surface area contributed by atoms with E-state index < -0.39 is 69.2 Å². The number of hydrogen-bond donors (Lipinski definition) is 2. The number of benzene rings is 6. The van der Waals surface area contributed by atoms with Crippen LogP contribution in [0.2, 0.25) is 0 Å². The molecular formula is C67H54F4N8O16. The number of amides is 2. The molecule has 14 rings (SSSR count). The molecule has 2 saturated heterocycles. The molecule has 8 heterocycles. The fourth-order valence-corrected chi connectivity index (χ4v) is 10.7. The minimum Gasteiger partial charge on any atom is -0.485 e. The van der Waals surface area contributed by atoms with Gasteiger partial charge in [0.05, 0.1) is 59.6 Å². The number of pyridine rings is 2. The van der Waals surface area contributed by atoms with Crippen molar-refractivity contribution in [1.29, 1.82) is 0 Å². The van der Waals surface area contributed by atoms with Crippen molar-refractivity contribution in [1.82, 2.24) is 28.2 Å². The Morgan fingerprint density at radius 3 is 1.41 bits per heavy atom. The third-order valence-electron chi connectivity index (χ3n) is 15.4. The second-order valence-corrected chi connectivity index (χ2v) is 22.1. The van der Waals surface area contributed by atoms with Gasteiger partial charge in [0.2, 0.25) is 11.5 Å². The summed E-state index contributed by atoms with van der Waals surface area (Å²) in [6.45, 7) is 6.56. The standard InChI is InChI=1S/C34H28F2N4O8.C33H26F2N4O8/c1-18(2)39-15-23(33(42)40(34(39)43)21-6-3-19(35)4-7-21)32(41)38-20-5-8-26(24(36)13-20)48-27-9-10-37-25-14-28(47-22-16-44-17-22)30-31(29(25)27)46-12-11-45-30;1-38-16-22(32(41)39(33(38)42)20-5-2-18(34)3-6-20)31(40)37-19-4-7-25(23(35)14-19)47-26-8-10-36-24-15-27(46-21-9-11-43-17-21)29-30(28(24)26)45-13-12-44-29/h3-10,13-15,18,22H,11-12,16-17H2,1-2H3,(H,38,41);2-8,10,14-16,21H,9,11-13,17H2,1H3,(H,37,40). The lowest BCUT2D eigenvalue weighted by molar-refractivity contribution is -0.0807. The highest BCUT2D eigenvalue weighted by molar-refractivity contribution is 6.05. The first-order valence-corrected chi connectivity index (χ1v) is 29.7. The molecule has 4 aromatic heterocycles. The number of aryl methyl sites for hydroxylation is 1. The van der Waals surface area contributed by atoms with Crippen molar-refractivity contribution in [3.8, 4) is 68.9 Å². The van der Waals surface area contributed by atoms with Crippen LogP contribution < -0.4 is 71.0 Å². The highest BCUT2D eigenvalue weighted by Gasteiger charge is 2.31. The van der Waals surface area contributed by atoms with E-state index in [0.29, 0.717) is 95.9 Å². The number of carbonyl (C=O) groups is 2. The van der Waals surface area contributed by atoms with E-state index in [4.69, 9.17) is 47.4 Å². The zero-order valence-corrected chi connectivity index (χ0v) is 50.5. The molecule has 1 atom stereocenters. The minimum absolute atomic E-state index is 0.0211. The molecule has 486 valence electrons. The maximum absolute atomic E-state index is 15.5. The molecule has 2 fully saturated rings. The van der Waals surface area contributed by atoms with Crippen molar-refractivity contribution < 1.29 is 74.5 Å². The molecule has 1 unspecified atom stereocenters. The molecule has 4 aliphatic rings. The molecule has 2 N–H and O–H groups in total. The maximum atomic E-state index is 15.5. The Kier molecular flexibility index (Phi) is 17.2. The molecule has 95 heavy (non-hydrogen) atoms. The third-order valence-corrected chi connectivity index (χ3v) is 15.4. The van der Waals surface area contributed by atoms with Crippen LogP contribution in [0.5, 0.6) is 57.5 Å². The summed E-state index contributed by atoms with van der Waals surface area (Å²) in [6, 6.07) is 23.0. The second kappa shape index (κ2) is 26.2. The number of halogens is 4. The summed E-state index contributed by atoms with van der Waals surface area (Å²) in [4.78, 5) is 87.7. The first-order chi connectivity index (χ1) is 45.9. The zero-order valence-electron chi connectivity index (χ0n) is 50.5. The molecule has 2 amide bonds. The molecule has 28 heteroatoms. The fourth-order valence-electron chi connectivity index (χ4n) is 10.7. The van der Waals surface area contributed by atoms with Crippen molar-refractivity contribution in [3.05, 3.63) is 210 Å².